The standard InChI is InChI=1S/C14H24N2O4S/c1-2-6-16-9-14(8-13(16)10-17)21(18,19)15-5-3-12-4-7-20-11-12/h8-9,12,15,17H,2-7,10-11H2,1H3. The fourth-order valence-corrected chi connectivity index (χ4v) is 3.66. The Kier molecular flexibility index (Phi) is 5.80. The molecule has 1 fully saturated rings. The van der Waals surface area contributed by atoms with Gasteiger partial charge in [-0.2, -0.15) is 0 Å². The quantitative estimate of drug-likeness (QED) is 0.752. The van der Waals surface area contributed by atoms with Gasteiger partial charge in [-0.1, -0.05) is 6.92 Å². The van der Waals surface area contributed by atoms with E-state index in [1.807, 2.05) is 6.92 Å². The SMILES string of the molecule is CCCn1cc(S(=O)(=O)NCCC2CCOC2)cc1CO. The van der Waals surface area contributed by atoms with Crippen LogP contribution in [0.25, 0.3) is 0 Å². The van der Waals surface area contributed by atoms with Crippen molar-refractivity contribution >= 4 is 10.0 Å². The molecular weight excluding hydrogens is 292 g/mol. The molecule has 0 spiro atoms. The molecule has 2 N–H and O–H groups in total. The molecule has 1 atom stereocenters. The van der Waals surface area contributed by atoms with E-state index in [0.717, 1.165) is 32.5 Å². The molecule has 0 amide bonds. The lowest BCUT2D eigenvalue weighted by molar-refractivity contribution is 0.184. The van der Waals surface area contributed by atoms with Crippen LogP contribution < -0.4 is 4.72 Å². The third-order valence-corrected chi connectivity index (χ3v) is 5.19. The fraction of sp³-hybridized carbons (Fsp3) is 0.714. The van der Waals surface area contributed by atoms with Crippen molar-refractivity contribution in [2.75, 3.05) is 19.8 Å². The first-order valence-corrected chi connectivity index (χ1v) is 8.92. The Morgan fingerprint density at radius 3 is 2.95 bits per heavy atom. The Morgan fingerprint density at radius 1 is 1.52 bits per heavy atom. The van der Waals surface area contributed by atoms with Gasteiger partial charge in [0.25, 0.3) is 0 Å². The van der Waals surface area contributed by atoms with E-state index in [9.17, 15) is 13.5 Å². The molecule has 0 saturated carbocycles. The van der Waals surface area contributed by atoms with Gasteiger partial charge in [0.2, 0.25) is 10.0 Å². The van der Waals surface area contributed by atoms with E-state index in [-0.39, 0.29) is 11.5 Å². The average Bonchev–Trinajstić information content (AvgIpc) is 3.08. The number of hydrogen-bond acceptors (Lipinski definition) is 4. The predicted molar refractivity (Wildman–Crippen MR) is 79.4 cm³/mol. The first kappa shape index (κ1) is 16.5. The van der Waals surface area contributed by atoms with Crippen LogP contribution in [0.3, 0.4) is 0 Å². The summed E-state index contributed by atoms with van der Waals surface area (Å²) in [6.07, 6.45) is 4.28. The zero-order chi connectivity index (χ0) is 15.3. The zero-order valence-electron chi connectivity index (χ0n) is 12.4. The van der Waals surface area contributed by atoms with Gasteiger partial charge in [0.05, 0.1) is 11.5 Å². The molecule has 0 bridgehead atoms. The summed E-state index contributed by atoms with van der Waals surface area (Å²) in [5, 5.41) is 9.29. The van der Waals surface area contributed by atoms with Crippen molar-refractivity contribution in [3.8, 4) is 0 Å². The van der Waals surface area contributed by atoms with Crippen LogP contribution in [0.1, 0.15) is 31.9 Å². The Bertz CT molecular complexity index is 547. The maximum Gasteiger partial charge on any atom is 0.242 e. The predicted octanol–water partition coefficient (Wildman–Crippen LogP) is 1.10. The second-order valence-corrected chi connectivity index (χ2v) is 7.20. The molecule has 1 aliphatic rings. The van der Waals surface area contributed by atoms with E-state index >= 15 is 0 Å². The molecule has 0 aromatic carbocycles. The fourth-order valence-electron chi connectivity index (χ4n) is 2.55. The molecule has 1 aliphatic heterocycles. The van der Waals surface area contributed by atoms with Crippen molar-refractivity contribution in [3.05, 3.63) is 18.0 Å². The molecule has 0 radical (unpaired) electrons. The number of aliphatic hydroxyl groups is 1. The van der Waals surface area contributed by atoms with E-state index in [4.69, 9.17) is 4.74 Å². The second kappa shape index (κ2) is 7.40. The van der Waals surface area contributed by atoms with Crippen molar-refractivity contribution in [3.63, 3.8) is 0 Å². The number of aromatic nitrogens is 1. The van der Waals surface area contributed by atoms with Gasteiger partial charge < -0.3 is 14.4 Å². The first-order valence-electron chi connectivity index (χ1n) is 7.44. The van der Waals surface area contributed by atoms with Crippen molar-refractivity contribution in [1.29, 1.82) is 0 Å². The normalized spacial score (nSPS) is 19.2. The van der Waals surface area contributed by atoms with Gasteiger partial charge in [0.15, 0.2) is 0 Å². The van der Waals surface area contributed by atoms with Gasteiger partial charge in [0, 0.05) is 38.2 Å². The van der Waals surface area contributed by atoms with E-state index in [1.54, 1.807) is 10.8 Å². The molecule has 120 valence electrons. The third-order valence-electron chi connectivity index (χ3n) is 3.77. The number of aryl methyl sites for hydroxylation is 1. The number of ether oxygens (including phenoxy) is 1. The molecule has 1 saturated heterocycles. The summed E-state index contributed by atoms with van der Waals surface area (Å²) < 4.78 is 34.2. The minimum atomic E-state index is -3.50. The minimum absolute atomic E-state index is 0.158. The molecule has 21 heavy (non-hydrogen) atoms. The third kappa shape index (κ3) is 4.29. The molecule has 1 aromatic heterocycles. The van der Waals surface area contributed by atoms with Crippen LogP contribution in [0.2, 0.25) is 0 Å². The molecular formula is C14H24N2O4S. The molecule has 7 heteroatoms. The topological polar surface area (TPSA) is 80.6 Å². The van der Waals surface area contributed by atoms with Crippen LogP contribution in [0.5, 0.6) is 0 Å². The van der Waals surface area contributed by atoms with E-state index in [0.29, 0.717) is 24.7 Å². The van der Waals surface area contributed by atoms with Crippen molar-refractivity contribution in [2.45, 2.75) is 44.2 Å². The molecule has 6 nitrogen and oxygen atoms in total. The average molecular weight is 316 g/mol. The molecule has 1 unspecified atom stereocenters. The van der Waals surface area contributed by atoms with Gasteiger partial charge in [-0.25, -0.2) is 13.1 Å². The second-order valence-electron chi connectivity index (χ2n) is 5.43. The first-order chi connectivity index (χ1) is 10.1. The zero-order valence-corrected chi connectivity index (χ0v) is 13.2. The maximum atomic E-state index is 12.3. The minimum Gasteiger partial charge on any atom is -0.390 e. The van der Waals surface area contributed by atoms with E-state index < -0.39 is 10.0 Å². The van der Waals surface area contributed by atoms with Crippen molar-refractivity contribution in [1.82, 2.24) is 9.29 Å². The van der Waals surface area contributed by atoms with Crippen LogP contribution in [0.4, 0.5) is 0 Å². The van der Waals surface area contributed by atoms with Gasteiger partial charge in [-0.05, 0) is 31.2 Å². The number of hydrogen-bond donors (Lipinski definition) is 2. The van der Waals surface area contributed by atoms with Crippen LogP contribution in [-0.4, -0.2) is 37.8 Å². The summed E-state index contributed by atoms with van der Waals surface area (Å²) >= 11 is 0. The Labute approximate surface area is 126 Å². The number of nitrogens with one attached hydrogen (secondary N) is 1. The summed E-state index contributed by atoms with van der Waals surface area (Å²) in [5.41, 5.74) is 0.626. The van der Waals surface area contributed by atoms with Crippen LogP contribution >= 0.6 is 0 Å². The maximum absolute atomic E-state index is 12.3. The Balaban J connectivity index is 1.97. The van der Waals surface area contributed by atoms with Gasteiger partial charge in [-0.3, -0.25) is 0 Å². The van der Waals surface area contributed by atoms with Crippen LogP contribution in [0.15, 0.2) is 17.2 Å². The lowest BCUT2D eigenvalue weighted by Gasteiger charge is -2.08. The summed E-state index contributed by atoms with van der Waals surface area (Å²) in [4.78, 5) is 0.225. The number of nitrogens with zero attached hydrogens (tertiary/aromatic N) is 1. The highest BCUT2D eigenvalue weighted by molar-refractivity contribution is 7.89. The number of sulfonamides is 1. The highest BCUT2D eigenvalue weighted by atomic mass is 32.2. The van der Waals surface area contributed by atoms with Crippen LogP contribution in [0, 0.1) is 5.92 Å². The largest absolute Gasteiger partial charge is 0.390 e. The molecule has 0 aliphatic carbocycles. The number of rotatable bonds is 8. The lowest BCUT2D eigenvalue weighted by atomic mass is 10.1. The van der Waals surface area contributed by atoms with Crippen LogP contribution in [-0.2, 0) is 27.9 Å². The van der Waals surface area contributed by atoms with E-state index in [1.165, 1.54) is 6.07 Å². The monoisotopic (exact) mass is 316 g/mol. The highest BCUT2D eigenvalue weighted by Gasteiger charge is 2.20. The summed E-state index contributed by atoms with van der Waals surface area (Å²) in [5.74, 6) is 0.449. The molecule has 1 aromatic rings. The van der Waals surface area contributed by atoms with Gasteiger partial charge in [-0.15, -0.1) is 0 Å². The highest BCUT2D eigenvalue weighted by Crippen LogP contribution is 2.17. The van der Waals surface area contributed by atoms with Gasteiger partial charge >= 0.3 is 0 Å². The Hall–Kier alpha value is -0.890. The lowest BCUT2D eigenvalue weighted by Crippen LogP contribution is -2.26. The smallest absolute Gasteiger partial charge is 0.242 e. The molecule has 2 heterocycles. The van der Waals surface area contributed by atoms with Gasteiger partial charge in [0.1, 0.15) is 0 Å². The Morgan fingerprint density at radius 2 is 2.33 bits per heavy atom. The van der Waals surface area contributed by atoms with E-state index in [2.05, 4.69) is 4.72 Å². The summed E-state index contributed by atoms with van der Waals surface area (Å²) in [6, 6.07) is 1.54. The summed E-state index contributed by atoms with van der Waals surface area (Å²) in [7, 11) is -3.50. The number of aliphatic hydroxyl groups excluding tert-OH is 1. The summed E-state index contributed by atoms with van der Waals surface area (Å²) in [6.45, 7) is 4.47. The van der Waals surface area contributed by atoms with Crippen molar-refractivity contribution in [2.24, 2.45) is 5.92 Å². The van der Waals surface area contributed by atoms with Crippen molar-refractivity contribution < 1.29 is 18.3 Å². The molecule has 2 rings (SSSR count).